The van der Waals surface area contributed by atoms with E-state index in [1.54, 1.807) is 0 Å². The summed E-state index contributed by atoms with van der Waals surface area (Å²) < 4.78 is 0. The van der Waals surface area contributed by atoms with Crippen molar-refractivity contribution in [3.63, 3.8) is 0 Å². The van der Waals surface area contributed by atoms with Gasteiger partial charge in [-0.05, 0) is 71.7 Å². The summed E-state index contributed by atoms with van der Waals surface area (Å²) in [4.78, 5) is 2.77. The molecule has 0 spiro atoms. The number of hydrogen-bond acceptors (Lipinski definition) is 3. The standard InChI is InChI=1S/C15H30N2S/c1-15(2,3)16-10-12-7-8-17(11-12)13-5-6-14(9-13)18-4/h12-14,16H,5-11H2,1-4H3. The highest BCUT2D eigenvalue weighted by atomic mass is 32.2. The minimum atomic E-state index is 0.269. The number of nitrogens with one attached hydrogen (secondary N) is 1. The van der Waals surface area contributed by atoms with Crippen LogP contribution in [0.15, 0.2) is 0 Å². The Labute approximate surface area is 117 Å². The molecule has 0 aromatic heterocycles. The van der Waals surface area contributed by atoms with Gasteiger partial charge in [-0.1, -0.05) is 0 Å². The second-order valence-electron chi connectivity index (χ2n) is 7.11. The highest BCUT2D eigenvalue weighted by molar-refractivity contribution is 7.99. The van der Waals surface area contributed by atoms with Crippen molar-refractivity contribution in [2.75, 3.05) is 25.9 Å². The molecule has 1 N–H and O–H groups in total. The van der Waals surface area contributed by atoms with Crippen LogP contribution >= 0.6 is 11.8 Å². The molecule has 0 radical (unpaired) electrons. The van der Waals surface area contributed by atoms with E-state index in [0.717, 1.165) is 17.2 Å². The van der Waals surface area contributed by atoms with Crippen LogP contribution in [-0.4, -0.2) is 47.6 Å². The van der Waals surface area contributed by atoms with Gasteiger partial charge in [-0.3, -0.25) is 0 Å². The molecule has 1 saturated carbocycles. The highest BCUT2D eigenvalue weighted by Gasteiger charge is 2.33. The second kappa shape index (κ2) is 6.15. The van der Waals surface area contributed by atoms with Gasteiger partial charge in [-0.15, -0.1) is 0 Å². The second-order valence-corrected chi connectivity index (χ2v) is 8.24. The zero-order chi connectivity index (χ0) is 13.2. The van der Waals surface area contributed by atoms with Crippen molar-refractivity contribution >= 4 is 11.8 Å². The molecule has 2 fully saturated rings. The minimum Gasteiger partial charge on any atom is -0.312 e. The average molecular weight is 270 g/mol. The number of thioether (sulfide) groups is 1. The van der Waals surface area contributed by atoms with Gasteiger partial charge < -0.3 is 10.2 Å². The summed E-state index contributed by atoms with van der Waals surface area (Å²) in [6, 6.07) is 0.891. The average Bonchev–Trinajstić information content (AvgIpc) is 2.94. The quantitative estimate of drug-likeness (QED) is 0.845. The van der Waals surface area contributed by atoms with Crippen LogP contribution < -0.4 is 5.32 Å². The van der Waals surface area contributed by atoms with Crippen LogP contribution in [0.2, 0.25) is 0 Å². The van der Waals surface area contributed by atoms with Crippen LogP contribution in [-0.2, 0) is 0 Å². The molecule has 1 heterocycles. The van der Waals surface area contributed by atoms with Crippen molar-refractivity contribution in [1.82, 2.24) is 10.2 Å². The minimum absolute atomic E-state index is 0.269. The summed E-state index contributed by atoms with van der Waals surface area (Å²) in [6.07, 6.45) is 7.97. The maximum Gasteiger partial charge on any atom is 0.0106 e. The highest BCUT2D eigenvalue weighted by Crippen LogP contribution is 2.33. The van der Waals surface area contributed by atoms with Crippen LogP contribution in [0.1, 0.15) is 46.5 Å². The molecule has 2 nitrogen and oxygen atoms in total. The molecule has 18 heavy (non-hydrogen) atoms. The first kappa shape index (κ1) is 14.7. The van der Waals surface area contributed by atoms with Crippen molar-refractivity contribution in [2.45, 2.75) is 63.3 Å². The van der Waals surface area contributed by atoms with Crippen molar-refractivity contribution in [3.05, 3.63) is 0 Å². The van der Waals surface area contributed by atoms with E-state index >= 15 is 0 Å². The zero-order valence-electron chi connectivity index (χ0n) is 12.5. The molecular formula is C15H30N2S. The molecule has 3 atom stereocenters. The molecule has 0 aromatic rings. The molecule has 3 heteroatoms. The number of hydrogen-bond donors (Lipinski definition) is 1. The van der Waals surface area contributed by atoms with Crippen molar-refractivity contribution in [2.24, 2.45) is 5.92 Å². The zero-order valence-corrected chi connectivity index (χ0v) is 13.4. The van der Waals surface area contributed by atoms with Gasteiger partial charge >= 0.3 is 0 Å². The Kier molecular flexibility index (Phi) is 5.01. The monoisotopic (exact) mass is 270 g/mol. The van der Waals surface area contributed by atoms with Gasteiger partial charge in [-0.2, -0.15) is 11.8 Å². The van der Waals surface area contributed by atoms with E-state index in [1.807, 2.05) is 0 Å². The normalized spacial score (nSPS) is 34.3. The van der Waals surface area contributed by atoms with Gasteiger partial charge in [0.25, 0.3) is 0 Å². The van der Waals surface area contributed by atoms with E-state index in [9.17, 15) is 0 Å². The van der Waals surface area contributed by atoms with E-state index in [-0.39, 0.29) is 5.54 Å². The Morgan fingerprint density at radius 1 is 1.22 bits per heavy atom. The Morgan fingerprint density at radius 2 is 2.00 bits per heavy atom. The fraction of sp³-hybridized carbons (Fsp3) is 1.00. The fourth-order valence-electron chi connectivity index (χ4n) is 3.27. The third-order valence-corrected chi connectivity index (χ3v) is 5.54. The predicted molar refractivity (Wildman–Crippen MR) is 82.4 cm³/mol. The molecule has 106 valence electrons. The van der Waals surface area contributed by atoms with Gasteiger partial charge in [0, 0.05) is 23.4 Å². The molecule has 0 aromatic carbocycles. The number of likely N-dealkylation sites (tertiary alicyclic amines) is 1. The third-order valence-electron chi connectivity index (χ3n) is 4.44. The first-order chi connectivity index (χ1) is 8.48. The molecule has 0 amide bonds. The summed E-state index contributed by atoms with van der Waals surface area (Å²) in [6.45, 7) is 10.6. The Balaban J connectivity index is 1.72. The smallest absolute Gasteiger partial charge is 0.0106 e. The largest absolute Gasteiger partial charge is 0.312 e. The Bertz CT molecular complexity index is 262. The van der Waals surface area contributed by atoms with Crippen LogP contribution in [0.25, 0.3) is 0 Å². The van der Waals surface area contributed by atoms with Crippen LogP contribution in [0.3, 0.4) is 0 Å². The lowest BCUT2D eigenvalue weighted by atomic mass is 10.1. The molecule has 1 aliphatic carbocycles. The molecule has 0 bridgehead atoms. The molecule has 3 unspecified atom stereocenters. The van der Waals surface area contributed by atoms with E-state index in [0.29, 0.717) is 0 Å². The molecule has 2 rings (SSSR count). The first-order valence-corrected chi connectivity index (χ1v) is 8.78. The summed E-state index contributed by atoms with van der Waals surface area (Å²) in [5.74, 6) is 0.873. The van der Waals surface area contributed by atoms with Gasteiger partial charge in [-0.25, -0.2) is 0 Å². The molecular weight excluding hydrogens is 240 g/mol. The maximum absolute atomic E-state index is 3.66. The summed E-state index contributed by atoms with van der Waals surface area (Å²) in [5.41, 5.74) is 0.269. The van der Waals surface area contributed by atoms with Crippen LogP contribution in [0, 0.1) is 5.92 Å². The Hall–Kier alpha value is 0.270. The summed E-state index contributed by atoms with van der Waals surface area (Å²) >= 11 is 2.07. The van der Waals surface area contributed by atoms with Crippen molar-refractivity contribution in [1.29, 1.82) is 0 Å². The first-order valence-electron chi connectivity index (χ1n) is 7.50. The van der Waals surface area contributed by atoms with E-state index in [4.69, 9.17) is 0 Å². The van der Waals surface area contributed by atoms with Crippen LogP contribution in [0.5, 0.6) is 0 Å². The topological polar surface area (TPSA) is 15.3 Å². The summed E-state index contributed by atoms with van der Waals surface area (Å²) in [7, 11) is 0. The van der Waals surface area contributed by atoms with Gasteiger partial charge in [0.2, 0.25) is 0 Å². The number of nitrogens with zero attached hydrogens (tertiary/aromatic N) is 1. The molecule has 1 aliphatic heterocycles. The fourth-order valence-corrected chi connectivity index (χ4v) is 4.06. The predicted octanol–water partition coefficient (Wildman–Crippen LogP) is 2.98. The van der Waals surface area contributed by atoms with Crippen molar-refractivity contribution in [3.8, 4) is 0 Å². The van der Waals surface area contributed by atoms with E-state index < -0.39 is 0 Å². The molecule has 2 aliphatic rings. The van der Waals surface area contributed by atoms with Gasteiger partial charge in [0.15, 0.2) is 0 Å². The number of rotatable bonds is 4. The maximum atomic E-state index is 3.66. The van der Waals surface area contributed by atoms with Crippen LogP contribution in [0.4, 0.5) is 0 Å². The lowest BCUT2D eigenvalue weighted by Crippen LogP contribution is -2.40. The lowest BCUT2D eigenvalue weighted by molar-refractivity contribution is 0.234. The SMILES string of the molecule is CSC1CCC(N2CCC(CNC(C)(C)C)C2)C1. The van der Waals surface area contributed by atoms with E-state index in [1.165, 1.54) is 45.3 Å². The third kappa shape index (κ3) is 4.14. The van der Waals surface area contributed by atoms with Gasteiger partial charge in [0.1, 0.15) is 0 Å². The molecule has 1 saturated heterocycles. The summed E-state index contributed by atoms with van der Waals surface area (Å²) in [5, 5.41) is 4.60. The Morgan fingerprint density at radius 3 is 2.61 bits per heavy atom. The van der Waals surface area contributed by atoms with E-state index in [2.05, 4.69) is 49.0 Å². The lowest BCUT2D eigenvalue weighted by Gasteiger charge is -2.26. The van der Waals surface area contributed by atoms with Crippen molar-refractivity contribution < 1.29 is 0 Å². The van der Waals surface area contributed by atoms with Gasteiger partial charge in [0.05, 0.1) is 0 Å².